The molecule has 4 nitrogen and oxygen atoms in total. The summed E-state index contributed by atoms with van der Waals surface area (Å²) in [6.45, 7) is 4.64. The Morgan fingerprint density at radius 1 is 1.15 bits per heavy atom. The lowest BCUT2D eigenvalue weighted by molar-refractivity contribution is 0.0303. The number of ether oxygens (including phenoxy) is 2. The van der Waals surface area contributed by atoms with Crippen molar-refractivity contribution in [3.05, 3.63) is 52.5 Å². The molecule has 0 aliphatic carbocycles. The van der Waals surface area contributed by atoms with E-state index in [0.717, 1.165) is 35.3 Å². The molecule has 2 aliphatic rings. The molecular formula is C21H22ClNO3. The van der Waals surface area contributed by atoms with Gasteiger partial charge in [0.2, 0.25) is 0 Å². The molecule has 1 atom stereocenters. The molecular weight excluding hydrogens is 350 g/mol. The lowest BCUT2D eigenvalue weighted by Gasteiger charge is -2.26. The van der Waals surface area contributed by atoms with Gasteiger partial charge in [-0.2, -0.15) is 0 Å². The van der Waals surface area contributed by atoms with Crippen molar-refractivity contribution in [2.75, 3.05) is 26.3 Å². The van der Waals surface area contributed by atoms with Crippen LogP contribution in [0.1, 0.15) is 29.3 Å². The zero-order valence-corrected chi connectivity index (χ0v) is 15.6. The zero-order valence-electron chi connectivity index (χ0n) is 14.8. The van der Waals surface area contributed by atoms with Gasteiger partial charge in [-0.3, -0.25) is 4.79 Å². The van der Waals surface area contributed by atoms with E-state index in [1.54, 1.807) is 0 Å². The van der Waals surface area contributed by atoms with E-state index in [0.29, 0.717) is 36.9 Å². The van der Waals surface area contributed by atoms with Crippen LogP contribution in [0.5, 0.6) is 5.75 Å². The zero-order chi connectivity index (χ0) is 18.1. The van der Waals surface area contributed by atoms with Crippen molar-refractivity contribution in [1.82, 2.24) is 4.90 Å². The first-order valence-corrected chi connectivity index (χ1v) is 9.50. The number of rotatable bonds is 3. The van der Waals surface area contributed by atoms with Crippen LogP contribution in [-0.4, -0.2) is 43.2 Å². The number of halogens is 1. The largest absolute Gasteiger partial charge is 0.488 e. The number of benzene rings is 2. The minimum Gasteiger partial charge on any atom is -0.488 e. The van der Waals surface area contributed by atoms with Gasteiger partial charge in [0.1, 0.15) is 11.9 Å². The molecule has 26 heavy (non-hydrogen) atoms. The van der Waals surface area contributed by atoms with Crippen molar-refractivity contribution < 1.29 is 14.3 Å². The second-order valence-electron chi connectivity index (χ2n) is 6.78. The van der Waals surface area contributed by atoms with Crippen LogP contribution in [0, 0.1) is 0 Å². The fourth-order valence-electron chi connectivity index (χ4n) is 3.54. The fourth-order valence-corrected chi connectivity index (χ4v) is 3.82. The summed E-state index contributed by atoms with van der Waals surface area (Å²) in [5.74, 6) is 0.882. The monoisotopic (exact) mass is 371 g/mol. The van der Waals surface area contributed by atoms with Crippen LogP contribution in [0.2, 0.25) is 5.02 Å². The van der Waals surface area contributed by atoms with E-state index in [2.05, 4.69) is 13.0 Å². The lowest BCUT2D eigenvalue weighted by atomic mass is 9.99. The Labute approximate surface area is 158 Å². The van der Waals surface area contributed by atoms with Crippen LogP contribution >= 0.6 is 11.6 Å². The average Bonchev–Trinajstić information content (AvgIpc) is 3.12. The number of morpholine rings is 1. The van der Waals surface area contributed by atoms with Crippen LogP contribution in [0.3, 0.4) is 0 Å². The highest BCUT2D eigenvalue weighted by Gasteiger charge is 2.25. The van der Waals surface area contributed by atoms with Crippen LogP contribution in [-0.2, 0) is 11.2 Å². The number of nitrogens with zero attached hydrogens (tertiary/aromatic N) is 1. The van der Waals surface area contributed by atoms with Gasteiger partial charge < -0.3 is 14.4 Å². The third-order valence-electron chi connectivity index (χ3n) is 5.07. The highest BCUT2D eigenvalue weighted by atomic mass is 35.5. The summed E-state index contributed by atoms with van der Waals surface area (Å²) in [5.41, 5.74) is 3.97. The Bertz CT molecular complexity index is 813. The summed E-state index contributed by atoms with van der Waals surface area (Å²) in [6, 6.07) is 11.8. The van der Waals surface area contributed by atoms with Crippen LogP contribution in [0.25, 0.3) is 11.1 Å². The van der Waals surface area contributed by atoms with Crippen molar-refractivity contribution in [2.45, 2.75) is 25.9 Å². The smallest absolute Gasteiger partial charge is 0.254 e. The van der Waals surface area contributed by atoms with E-state index in [1.165, 1.54) is 0 Å². The highest BCUT2D eigenvalue weighted by molar-refractivity contribution is 6.32. The summed E-state index contributed by atoms with van der Waals surface area (Å²) < 4.78 is 11.2. The van der Waals surface area contributed by atoms with Crippen molar-refractivity contribution in [3.8, 4) is 16.9 Å². The molecule has 0 spiro atoms. The molecule has 0 saturated carbocycles. The Morgan fingerprint density at radius 2 is 1.88 bits per heavy atom. The van der Waals surface area contributed by atoms with E-state index in [9.17, 15) is 4.79 Å². The van der Waals surface area contributed by atoms with E-state index in [1.807, 2.05) is 35.2 Å². The SMILES string of the molecule is CCC1Cc2cc(-c3ccc(C(=O)N4CCOCC4)cc3)cc(Cl)c2O1. The second-order valence-corrected chi connectivity index (χ2v) is 7.19. The van der Waals surface area contributed by atoms with Crippen LogP contribution in [0.15, 0.2) is 36.4 Å². The molecule has 0 radical (unpaired) electrons. The predicted octanol–water partition coefficient (Wildman–Crippen LogP) is 4.19. The summed E-state index contributed by atoms with van der Waals surface area (Å²) in [4.78, 5) is 14.4. The first-order chi connectivity index (χ1) is 12.7. The van der Waals surface area contributed by atoms with Gasteiger partial charge in [0.15, 0.2) is 0 Å². The minimum atomic E-state index is 0.0611. The van der Waals surface area contributed by atoms with Gasteiger partial charge in [-0.15, -0.1) is 0 Å². The van der Waals surface area contributed by atoms with Gasteiger partial charge in [-0.1, -0.05) is 30.7 Å². The molecule has 1 unspecified atom stereocenters. The molecule has 0 aromatic heterocycles. The number of carbonyl (C=O) groups is 1. The quantitative estimate of drug-likeness (QED) is 0.811. The van der Waals surface area contributed by atoms with E-state index in [-0.39, 0.29) is 12.0 Å². The molecule has 136 valence electrons. The average molecular weight is 372 g/mol. The van der Waals surface area contributed by atoms with Crippen LogP contribution in [0.4, 0.5) is 0 Å². The molecule has 4 rings (SSSR count). The van der Waals surface area contributed by atoms with Gasteiger partial charge in [-0.25, -0.2) is 0 Å². The molecule has 2 aromatic rings. The fraction of sp³-hybridized carbons (Fsp3) is 0.381. The third kappa shape index (κ3) is 3.31. The number of hydrogen-bond donors (Lipinski definition) is 0. The minimum absolute atomic E-state index is 0.0611. The molecule has 5 heteroatoms. The topological polar surface area (TPSA) is 38.8 Å². The molecule has 0 N–H and O–H groups in total. The summed E-state index contributed by atoms with van der Waals surface area (Å²) in [7, 11) is 0. The van der Waals surface area contributed by atoms with E-state index >= 15 is 0 Å². The van der Waals surface area contributed by atoms with Gasteiger partial charge >= 0.3 is 0 Å². The predicted molar refractivity (Wildman–Crippen MR) is 102 cm³/mol. The maximum atomic E-state index is 12.6. The van der Waals surface area contributed by atoms with Gasteiger partial charge in [0.25, 0.3) is 5.91 Å². The van der Waals surface area contributed by atoms with Crippen molar-refractivity contribution in [2.24, 2.45) is 0 Å². The Hall–Kier alpha value is -2.04. The molecule has 1 amide bonds. The number of fused-ring (bicyclic) bond motifs is 1. The maximum Gasteiger partial charge on any atom is 0.254 e. The summed E-state index contributed by atoms with van der Waals surface area (Å²) in [6.07, 6.45) is 2.08. The van der Waals surface area contributed by atoms with Crippen molar-refractivity contribution >= 4 is 17.5 Å². The highest BCUT2D eigenvalue weighted by Crippen LogP contribution is 2.40. The van der Waals surface area contributed by atoms with Gasteiger partial charge in [-0.05, 0) is 47.4 Å². The molecule has 1 fully saturated rings. The van der Waals surface area contributed by atoms with Crippen LogP contribution < -0.4 is 4.74 Å². The lowest BCUT2D eigenvalue weighted by Crippen LogP contribution is -2.40. The number of carbonyl (C=O) groups excluding carboxylic acids is 1. The second kappa shape index (κ2) is 7.29. The molecule has 0 bridgehead atoms. The number of amides is 1. The Morgan fingerprint density at radius 3 is 2.58 bits per heavy atom. The molecule has 2 aromatic carbocycles. The Kier molecular flexibility index (Phi) is 4.88. The summed E-state index contributed by atoms with van der Waals surface area (Å²) in [5, 5.41) is 0.655. The van der Waals surface area contributed by atoms with E-state index in [4.69, 9.17) is 21.1 Å². The standard InChI is InChI=1S/C21H22ClNO3/c1-2-18-12-17-11-16(13-19(22)20(17)26-18)14-3-5-15(6-4-14)21(24)23-7-9-25-10-8-23/h3-6,11,13,18H,2,7-10,12H2,1H3. The molecule has 2 aliphatic heterocycles. The molecule has 1 saturated heterocycles. The molecule has 2 heterocycles. The van der Waals surface area contributed by atoms with Crippen molar-refractivity contribution in [3.63, 3.8) is 0 Å². The van der Waals surface area contributed by atoms with Crippen molar-refractivity contribution in [1.29, 1.82) is 0 Å². The first kappa shape index (κ1) is 17.4. The van der Waals surface area contributed by atoms with Gasteiger partial charge in [0.05, 0.1) is 18.2 Å². The first-order valence-electron chi connectivity index (χ1n) is 9.12. The third-order valence-corrected chi connectivity index (χ3v) is 5.35. The van der Waals surface area contributed by atoms with E-state index < -0.39 is 0 Å². The van der Waals surface area contributed by atoms with Gasteiger partial charge in [0, 0.05) is 25.1 Å². The normalized spacial score (nSPS) is 19.2. The maximum absolute atomic E-state index is 12.6. The number of hydrogen-bond acceptors (Lipinski definition) is 3. The Balaban J connectivity index is 1.56. The summed E-state index contributed by atoms with van der Waals surface area (Å²) >= 11 is 6.43.